The molecule has 0 unspecified atom stereocenters. The number of nitrogens with zero attached hydrogens (tertiary/aromatic N) is 2. The zero-order valence-corrected chi connectivity index (χ0v) is 16.9. The molecule has 0 fully saturated rings. The van der Waals surface area contributed by atoms with E-state index in [1.165, 1.54) is 11.1 Å². The maximum absolute atomic E-state index is 4.73. The largest absolute Gasteiger partial charge is 0.381 e. The highest BCUT2D eigenvalue weighted by molar-refractivity contribution is 5.93. The van der Waals surface area contributed by atoms with Crippen LogP contribution in [-0.2, 0) is 0 Å². The fourth-order valence-electron chi connectivity index (χ4n) is 3.45. The lowest BCUT2D eigenvalue weighted by Gasteiger charge is -2.12. The lowest BCUT2D eigenvalue weighted by molar-refractivity contribution is 1.08. The van der Waals surface area contributed by atoms with Crippen LogP contribution in [0.15, 0.2) is 78.4 Å². The number of anilines is 2. The maximum Gasteiger partial charge on any atom is 0.223 e. The van der Waals surface area contributed by atoms with E-state index in [1.807, 2.05) is 7.05 Å². The summed E-state index contributed by atoms with van der Waals surface area (Å²) in [4.78, 5) is 9.32. The predicted molar refractivity (Wildman–Crippen MR) is 123 cm³/mol. The maximum atomic E-state index is 4.73. The molecular weight excluding hydrogens is 356 g/mol. The molecule has 4 heteroatoms. The first kappa shape index (κ1) is 18.9. The van der Waals surface area contributed by atoms with Gasteiger partial charge in [-0.05, 0) is 44.0 Å². The summed E-state index contributed by atoms with van der Waals surface area (Å²) in [5.74, 6) is 0.636. The molecule has 0 bridgehead atoms. The lowest BCUT2D eigenvalue weighted by Crippen LogP contribution is -2.05. The Morgan fingerprint density at radius 2 is 1.79 bits per heavy atom. The fraction of sp³-hybridized carbons (Fsp3) is 0.200. The summed E-state index contributed by atoms with van der Waals surface area (Å²) in [6.07, 6.45) is 12.9. The highest BCUT2D eigenvalue weighted by atomic mass is 15.1. The SMILES string of the molecule is CNc1nc(-c2ccc(NC/C3=C/CC=C/C=C\C3)cc2)c2cc(C)ccc2n1. The molecule has 2 N–H and O–H groups in total. The number of hydrogen-bond acceptors (Lipinski definition) is 4. The molecule has 2 aromatic carbocycles. The van der Waals surface area contributed by atoms with Crippen molar-refractivity contribution < 1.29 is 0 Å². The Morgan fingerprint density at radius 3 is 2.62 bits per heavy atom. The summed E-state index contributed by atoms with van der Waals surface area (Å²) in [6.45, 7) is 2.95. The second-order valence-electron chi connectivity index (χ2n) is 7.26. The van der Waals surface area contributed by atoms with Crippen LogP contribution in [-0.4, -0.2) is 23.6 Å². The topological polar surface area (TPSA) is 49.8 Å². The zero-order valence-electron chi connectivity index (χ0n) is 16.9. The minimum Gasteiger partial charge on any atom is -0.381 e. The van der Waals surface area contributed by atoms with Crippen LogP contribution < -0.4 is 10.6 Å². The molecule has 3 aromatic rings. The van der Waals surface area contributed by atoms with Crippen molar-refractivity contribution in [2.45, 2.75) is 19.8 Å². The second kappa shape index (κ2) is 8.74. The smallest absolute Gasteiger partial charge is 0.223 e. The molecule has 146 valence electrons. The van der Waals surface area contributed by atoms with E-state index in [0.717, 1.165) is 47.2 Å². The molecule has 0 radical (unpaired) electrons. The van der Waals surface area contributed by atoms with Crippen LogP contribution in [0.4, 0.5) is 11.6 Å². The first-order chi connectivity index (χ1) is 14.2. The third kappa shape index (κ3) is 4.54. The number of aryl methyl sites for hydroxylation is 1. The molecule has 0 amide bonds. The molecule has 1 aromatic heterocycles. The van der Waals surface area contributed by atoms with Crippen LogP contribution in [0.25, 0.3) is 22.2 Å². The molecule has 0 spiro atoms. The molecule has 0 saturated carbocycles. The van der Waals surface area contributed by atoms with Crippen molar-refractivity contribution in [2.24, 2.45) is 0 Å². The van der Waals surface area contributed by atoms with E-state index in [2.05, 4.69) is 95.4 Å². The van der Waals surface area contributed by atoms with E-state index in [-0.39, 0.29) is 0 Å². The quantitative estimate of drug-likeness (QED) is 0.540. The van der Waals surface area contributed by atoms with E-state index < -0.39 is 0 Å². The number of allylic oxidation sites excluding steroid dienone is 5. The van der Waals surface area contributed by atoms with Gasteiger partial charge in [0, 0.05) is 30.2 Å². The normalized spacial score (nSPS) is 16.6. The Labute approximate surface area is 172 Å². The average Bonchev–Trinajstić information content (AvgIpc) is 2.72. The van der Waals surface area contributed by atoms with Gasteiger partial charge in [-0.3, -0.25) is 0 Å². The zero-order chi connectivity index (χ0) is 20.1. The van der Waals surface area contributed by atoms with Crippen molar-refractivity contribution in [1.29, 1.82) is 0 Å². The first-order valence-electron chi connectivity index (χ1n) is 10.0. The monoisotopic (exact) mass is 382 g/mol. The van der Waals surface area contributed by atoms with Gasteiger partial charge in [-0.15, -0.1) is 0 Å². The summed E-state index contributed by atoms with van der Waals surface area (Å²) < 4.78 is 0. The van der Waals surface area contributed by atoms with Gasteiger partial charge in [0.15, 0.2) is 0 Å². The van der Waals surface area contributed by atoms with E-state index in [0.29, 0.717) is 5.95 Å². The molecule has 1 heterocycles. The Kier molecular flexibility index (Phi) is 5.71. The number of fused-ring (bicyclic) bond motifs is 1. The number of rotatable bonds is 5. The standard InChI is InChI=1S/C25H26N4/c1-18-10-15-23-22(16-18)24(29-25(26-2)28-23)20-11-13-21(14-12-20)27-17-19-8-6-4-3-5-7-9-19/h3-6,9-16,27H,7-8,17H2,1-2H3,(H,26,28,29)/b5-3?,6-4-,19-9+. The third-order valence-corrected chi connectivity index (χ3v) is 5.06. The Bertz CT molecular complexity index is 1090. The van der Waals surface area contributed by atoms with E-state index in [1.54, 1.807) is 0 Å². The van der Waals surface area contributed by atoms with Gasteiger partial charge in [-0.1, -0.05) is 59.7 Å². The van der Waals surface area contributed by atoms with E-state index in [9.17, 15) is 0 Å². The molecule has 1 aliphatic rings. The van der Waals surface area contributed by atoms with Crippen LogP contribution in [0.2, 0.25) is 0 Å². The fourth-order valence-corrected chi connectivity index (χ4v) is 3.45. The van der Waals surface area contributed by atoms with Gasteiger partial charge in [0.05, 0.1) is 11.2 Å². The summed E-state index contributed by atoms with van der Waals surface area (Å²) in [5, 5.41) is 7.68. The Morgan fingerprint density at radius 1 is 0.966 bits per heavy atom. The molecule has 0 aliphatic heterocycles. The lowest BCUT2D eigenvalue weighted by atomic mass is 10.0. The Balaban J connectivity index is 1.57. The molecule has 0 saturated heterocycles. The number of hydrogen-bond donors (Lipinski definition) is 2. The van der Waals surface area contributed by atoms with Crippen molar-refractivity contribution in [3.8, 4) is 11.3 Å². The minimum absolute atomic E-state index is 0.636. The average molecular weight is 383 g/mol. The predicted octanol–water partition coefficient (Wildman–Crippen LogP) is 5.89. The van der Waals surface area contributed by atoms with E-state index in [4.69, 9.17) is 4.98 Å². The molecule has 29 heavy (non-hydrogen) atoms. The number of benzene rings is 2. The highest BCUT2D eigenvalue weighted by Crippen LogP contribution is 2.29. The van der Waals surface area contributed by atoms with Crippen LogP contribution in [0.1, 0.15) is 18.4 Å². The molecule has 1 aliphatic carbocycles. The second-order valence-corrected chi connectivity index (χ2v) is 7.26. The Hall–Kier alpha value is -3.40. The summed E-state index contributed by atoms with van der Waals surface area (Å²) >= 11 is 0. The first-order valence-corrected chi connectivity index (χ1v) is 10.0. The van der Waals surface area contributed by atoms with Gasteiger partial charge in [-0.2, -0.15) is 0 Å². The van der Waals surface area contributed by atoms with Gasteiger partial charge in [0.25, 0.3) is 0 Å². The van der Waals surface area contributed by atoms with Crippen molar-refractivity contribution in [2.75, 3.05) is 24.2 Å². The number of aromatic nitrogens is 2. The molecule has 0 atom stereocenters. The van der Waals surface area contributed by atoms with Crippen LogP contribution in [0.5, 0.6) is 0 Å². The summed E-state index contributed by atoms with van der Waals surface area (Å²) in [7, 11) is 1.85. The van der Waals surface area contributed by atoms with Crippen LogP contribution in [0, 0.1) is 6.92 Å². The summed E-state index contributed by atoms with van der Waals surface area (Å²) in [5.41, 5.74) is 6.71. The molecule has 4 nitrogen and oxygen atoms in total. The number of nitrogens with one attached hydrogen (secondary N) is 2. The van der Waals surface area contributed by atoms with Gasteiger partial charge >= 0.3 is 0 Å². The molecule has 4 rings (SSSR count). The van der Waals surface area contributed by atoms with Gasteiger partial charge in [0.2, 0.25) is 5.95 Å². The van der Waals surface area contributed by atoms with E-state index >= 15 is 0 Å². The van der Waals surface area contributed by atoms with Crippen molar-refractivity contribution >= 4 is 22.5 Å². The van der Waals surface area contributed by atoms with Crippen LogP contribution >= 0.6 is 0 Å². The van der Waals surface area contributed by atoms with Crippen molar-refractivity contribution in [1.82, 2.24) is 9.97 Å². The van der Waals surface area contributed by atoms with Crippen molar-refractivity contribution in [3.63, 3.8) is 0 Å². The summed E-state index contributed by atoms with van der Waals surface area (Å²) in [6, 6.07) is 14.8. The van der Waals surface area contributed by atoms with Crippen LogP contribution in [0.3, 0.4) is 0 Å². The van der Waals surface area contributed by atoms with Gasteiger partial charge < -0.3 is 10.6 Å². The highest BCUT2D eigenvalue weighted by Gasteiger charge is 2.10. The minimum atomic E-state index is 0.636. The van der Waals surface area contributed by atoms with Crippen molar-refractivity contribution in [3.05, 3.63) is 84.0 Å². The third-order valence-electron chi connectivity index (χ3n) is 5.06. The van der Waals surface area contributed by atoms with Gasteiger partial charge in [-0.25, -0.2) is 9.97 Å². The molecular formula is C25H26N4. The van der Waals surface area contributed by atoms with Gasteiger partial charge in [0.1, 0.15) is 0 Å².